The van der Waals surface area contributed by atoms with Crippen LogP contribution in [-0.2, 0) is 0 Å². The highest BCUT2D eigenvalue weighted by atomic mass is 28.3. The molecule has 0 amide bonds. The van der Waals surface area contributed by atoms with Gasteiger partial charge in [0, 0.05) is 32.9 Å². The van der Waals surface area contributed by atoms with E-state index in [4.69, 9.17) is 15.1 Å². The molecule has 0 bridgehead atoms. The molecule has 0 fully saturated rings. The molecule has 11 aromatic carbocycles. The van der Waals surface area contributed by atoms with Gasteiger partial charge >= 0.3 is 0 Å². The summed E-state index contributed by atoms with van der Waals surface area (Å²) >= 11 is 0. The van der Waals surface area contributed by atoms with Gasteiger partial charge in [-0.15, -0.1) is 0 Å². The predicted octanol–water partition coefficient (Wildman–Crippen LogP) is 14.3. The number of para-hydroxylation sites is 2. The van der Waals surface area contributed by atoms with Crippen molar-refractivity contribution in [2.24, 2.45) is 0 Å². The summed E-state index contributed by atoms with van der Waals surface area (Å²) < 4.78 is 216. The number of fused-ring (bicyclic) bond motifs is 6. The zero-order valence-corrected chi connectivity index (χ0v) is 37.2. The second kappa shape index (κ2) is 16.8. The molecule has 0 saturated heterocycles. The summed E-state index contributed by atoms with van der Waals surface area (Å²) in [6.07, 6.45) is 0. The molecular formula is C66H46N2Si. The highest BCUT2D eigenvalue weighted by molar-refractivity contribution is 7.19. The van der Waals surface area contributed by atoms with Gasteiger partial charge in [0.25, 0.3) is 0 Å². The van der Waals surface area contributed by atoms with Gasteiger partial charge in [0.05, 0.1) is 53.6 Å². The Morgan fingerprint density at radius 3 is 1.23 bits per heavy atom. The number of nitrogens with zero attached hydrogens (tertiary/aromatic N) is 2. The van der Waals surface area contributed by atoms with Crippen LogP contribution in [-0.4, -0.2) is 17.2 Å². The third-order valence-corrected chi connectivity index (χ3v) is 17.3. The van der Waals surface area contributed by atoms with Crippen molar-refractivity contribution >= 4 is 72.4 Å². The Bertz CT molecular complexity index is 5260. The molecule has 2 nitrogen and oxygen atoms in total. The lowest BCUT2D eigenvalue weighted by Crippen LogP contribution is -2.74. The van der Waals surface area contributed by atoms with Crippen LogP contribution in [0.1, 0.15) is 31.5 Å². The number of hydrogen-bond acceptors (Lipinski definition) is 0. The summed E-state index contributed by atoms with van der Waals surface area (Å²) in [6.45, 7) is 0. The fourth-order valence-electron chi connectivity index (χ4n) is 9.62. The van der Waals surface area contributed by atoms with E-state index >= 15 is 0 Å². The molecular weight excluding hydrogens is 849 g/mol. The second-order valence-corrected chi connectivity index (χ2v) is 20.1. The second-order valence-electron chi connectivity index (χ2n) is 16.3. The molecule has 0 saturated carbocycles. The molecule has 0 aliphatic rings. The maximum atomic E-state index is 10.3. The van der Waals surface area contributed by atoms with Crippen LogP contribution in [0.5, 0.6) is 0 Å². The zero-order chi connectivity index (χ0) is 65.7. The van der Waals surface area contributed by atoms with Crippen molar-refractivity contribution in [3.8, 4) is 44.8 Å². The molecule has 2 heterocycles. The first-order valence-electron chi connectivity index (χ1n) is 33.5. The van der Waals surface area contributed by atoms with Gasteiger partial charge in [0.1, 0.15) is 0 Å². The lowest BCUT2D eigenvalue weighted by Gasteiger charge is -2.34. The Balaban J connectivity index is 1.13. The first-order valence-corrected chi connectivity index (χ1v) is 24.0. The van der Waals surface area contributed by atoms with Crippen LogP contribution in [0.25, 0.3) is 88.4 Å². The van der Waals surface area contributed by atoms with E-state index in [1.165, 1.54) is 33.4 Å². The zero-order valence-electron chi connectivity index (χ0n) is 59.2. The number of benzene rings is 11. The van der Waals surface area contributed by atoms with Crippen LogP contribution >= 0.6 is 0 Å². The summed E-state index contributed by atoms with van der Waals surface area (Å²) in [5.41, 5.74) is -3.82. The topological polar surface area (TPSA) is 9.86 Å². The fourth-order valence-corrected chi connectivity index (χ4v) is 14.4. The summed E-state index contributed by atoms with van der Waals surface area (Å²) in [7, 11) is -3.34. The molecule has 0 atom stereocenters. The molecule has 2 aromatic heterocycles. The van der Waals surface area contributed by atoms with Crippen LogP contribution in [0.2, 0.25) is 0 Å². The van der Waals surface area contributed by atoms with E-state index in [0.29, 0.717) is 0 Å². The van der Waals surface area contributed by atoms with Crippen LogP contribution in [0.15, 0.2) is 279 Å². The van der Waals surface area contributed by atoms with Crippen molar-refractivity contribution in [3.63, 3.8) is 0 Å². The van der Waals surface area contributed by atoms with Crippen LogP contribution < -0.4 is 20.7 Å². The van der Waals surface area contributed by atoms with Gasteiger partial charge in [-0.25, -0.2) is 0 Å². The summed E-state index contributed by atoms with van der Waals surface area (Å²) in [4.78, 5) is 0. The van der Waals surface area contributed by atoms with Crippen LogP contribution in [0.3, 0.4) is 0 Å². The van der Waals surface area contributed by atoms with Crippen molar-refractivity contribution in [1.29, 1.82) is 0 Å². The summed E-state index contributed by atoms with van der Waals surface area (Å²) in [5.74, 6) is 0. The van der Waals surface area contributed by atoms with Crippen LogP contribution in [0.4, 0.5) is 0 Å². The van der Waals surface area contributed by atoms with Crippen molar-refractivity contribution in [1.82, 2.24) is 9.13 Å². The summed E-state index contributed by atoms with van der Waals surface area (Å²) in [6, 6.07) is 25.8. The minimum Gasteiger partial charge on any atom is -0.309 e. The van der Waals surface area contributed by atoms with Crippen molar-refractivity contribution in [2.75, 3.05) is 0 Å². The SMILES string of the molecule is [2H]c1c([2H])c([2H])c(-c2cccc(-n3c4c([2H])c([2H])c([2H])c([2H])c4c4c([2H])c(-c5c([2H])c([2H])c([2H])c([2H])c5-c5c([2H])c([2H])c6c(c5[2H])c5c([2H])c([2H])c([2H])c([2H])c5n6-c5cccc([Si](c6ccccc6)(c6ccccc6)c6ccccc6)c5)c([2H])c([2H])c43)c2)c([2H])c1[2H]. The first-order chi connectivity index (χ1) is 43.8. The Hall–Kier alpha value is -8.76. The molecule has 69 heavy (non-hydrogen) atoms. The Morgan fingerprint density at radius 2 is 0.710 bits per heavy atom. The molecule has 3 heteroatoms. The van der Waals surface area contributed by atoms with E-state index in [9.17, 15) is 16.4 Å². The standard InChI is InChI=1S/C66H46N2Si/c1-5-21-47(22-6-1)48-23-19-24-51(43-48)67-63-37-17-15-35-59(63)61-44-49(39-41-65(61)67)57-33-13-14-34-58(57)50-40-42-66-62(45-50)60-36-16-18-38-64(60)68(66)52-25-20-32-56(46-52)69(53-26-7-2-8-27-53,54-28-9-3-10-29-54)55-30-11-4-12-31-55/h1-46H/i1D,5D,6D,13D,14D,15D,16D,17D,18D,21D,22D,33D,34D,35D,36D,37D,38D,39D,40D,41D,42D,44D,45D. The average molecular weight is 918 g/mol. The smallest absolute Gasteiger partial charge is 0.179 e. The van der Waals surface area contributed by atoms with Crippen molar-refractivity contribution in [3.05, 3.63) is 279 Å². The largest absolute Gasteiger partial charge is 0.309 e. The highest BCUT2D eigenvalue weighted by Crippen LogP contribution is 2.41. The number of aromatic nitrogens is 2. The fraction of sp³-hybridized carbons (Fsp3) is 0. The highest BCUT2D eigenvalue weighted by Gasteiger charge is 2.41. The van der Waals surface area contributed by atoms with Crippen molar-refractivity contribution < 1.29 is 31.5 Å². The van der Waals surface area contributed by atoms with E-state index in [-0.39, 0.29) is 60.7 Å². The lowest BCUT2D eigenvalue weighted by molar-refractivity contribution is 1.18. The quantitative estimate of drug-likeness (QED) is 0.101. The van der Waals surface area contributed by atoms with Crippen molar-refractivity contribution in [2.45, 2.75) is 0 Å². The van der Waals surface area contributed by atoms with Gasteiger partial charge in [-0.2, -0.15) is 0 Å². The van der Waals surface area contributed by atoms with E-state index in [0.717, 1.165) is 20.7 Å². The summed E-state index contributed by atoms with van der Waals surface area (Å²) in [5, 5.41) is 2.41. The van der Waals surface area contributed by atoms with Gasteiger partial charge in [-0.3, -0.25) is 0 Å². The van der Waals surface area contributed by atoms with E-state index in [1.54, 1.807) is 12.1 Å². The molecule has 0 spiro atoms. The maximum absolute atomic E-state index is 10.3. The minimum absolute atomic E-state index is 0.00969. The van der Waals surface area contributed by atoms with Gasteiger partial charge in [0.15, 0.2) is 8.07 Å². The first kappa shape index (κ1) is 23.3. The monoisotopic (exact) mass is 917 g/mol. The predicted molar refractivity (Wildman–Crippen MR) is 295 cm³/mol. The lowest BCUT2D eigenvalue weighted by atomic mass is 9.93. The van der Waals surface area contributed by atoms with E-state index in [1.807, 2.05) is 66.7 Å². The molecule has 0 unspecified atom stereocenters. The average Bonchev–Trinajstić information content (AvgIpc) is 1.55. The third kappa shape index (κ3) is 6.70. The third-order valence-electron chi connectivity index (χ3n) is 12.6. The molecule has 324 valence electrons. The van der Waals surface area contributed by atoms with E-state index < -0.39 is 175 Å². The molecule has 0 aliphatic heterocycles. The van der Waals surface area contributed by atoms with Gasteiger partial charge in [0.2, 0.25) is 0 Å². The Labute approximate surface area is 435 Å². The molecule has 0 aliphatic carbocycles. The number of rotatable bonds is 9. The maximum Gasteiger partial charge on any atom is 0.179 e. The number of hydrogen-bond donors (Lipinski definition) is 0. The van der Waals surface area contributed by atoms with Crippen LogP contribution in [0, 0.1) is 0 Å². The van der Waals surface area contributed by atoms with Gasteiger partial charge in [-0.1, -0.05) is 218 Å². The van der Waals surface area contributed by atoms with E-state index in [2.05, 4.69) is 36.4 Å². The molecule has 13 aromatic rings. The molecule has 0 radical (unpaired) electrons. The van der Waals surface area contributed by atoms with Gasteiger partial charge in [-0.05, 0) is 115 Å². The minimum atomic E-state index is -3.34. The normalized spacial score (nSPS) is 16.4. The Morgan fingerprint density at radius 1 is 0.290 bits per heavy atom. The Kier molecular flexibility index (Phi) is 5.69. The molecule has 13 rings (SSSR count). The van der Waals surface area contributed by atoms with Gasteiger partial charge < -0.3 is 9.13 Å². The molecule has 0 N–H and O–H groups in total.